The van der Waals surface area contributed by atoms with Crippen molar-refractivity contribution in [3.63, 3.8) is 0 Å². The third-order valence-electron chi connectivity index (χ3n) is 4.77. The van der Waals surface area contributed by atoms with Crippen molar-refractivity contribution < 1.29 is 14.4 Å². The summed E-state index contributed by atoms with van der Waals surface area (Å²) in [6.07, 6.45) is 1.35. The van der Waals surface area contributed by atoms with Crippen molar-refractivity contribution in [2.75, 3.05) is 49.1 Å². The van der Waals surface area contributed by atoms with E-state index in [2.05, 4.69) is 30.8 Å². The number of nitrogens with zero attached hydrogens (tertiary/aromatic N) is 6. The van der Waals surface area contributed by atoms with Crippen molar-refractivity contribution in [1.29, 1.82) is 0 Å². The molecule has 2 heterocycles. The molecule has 0 bridgehead atoms. The maximum atomic E-state index is 11.2. The van der Waals surface area contributed by atoms with Gasteiger partial charge < -0.3 is 19.7 Å². The van der Waals surface area contributed by atoms with E-state index in [0.29, 0.717) is 43.8 Å². The summed E-state index contributed by atoms with van der Waals surface area (Å²) in [5.41, 5.74) is 3.83. The molecule has 1 aromatic heterocycles. The smallest absolute Gasteiger partial charge is 0.278 e. The number of para-hydroxylation sites is 1. The first-order valence-corrected chi connectivity index (χ1v) is 10.1. The van der Waals surface area contributed by atoms with E-state index in [1.807, 2.05) is 29.2 Å². The van der Waals surface area contributed by atoms with Gasteiger partial charge in [-0.15, -0.1) is 0 Å². The number of morpholine rings is 1. The van der Waals surface area contributed by atoms with Gasteiger partial charge in [-0.25, -0.2) is 5.43 Å². The minimum atomic E-state index is -0.461. The summed E-state index contributed by atoms with van der Waals surface area (Å²) < 4.78 is 10.6. The molecule has 0 spiro atoms. The number of hydrazone groups is 1. The molecular formula is C21H22N8O4. The van der Waals surface area contributed by atoms with Crippen LogP contribution in [0.2, 0.25) is 0 Å². The molecule has 2 N–H and O–H groups in total. The van der Waals surface area contributed by atoms with Crippen molar-refractivity contribution in [1.82, 2.24) is 15.0 Å². The number of hydrogen-bond acceptors (Lipinski definition) is 11. The molecule has 12 nitrogen and oxygen atoms in total. The molecule has 0 aliphatic carbocycles. The molecule has 0 atom stereocenters. The molecule has 1 aliphatic rings. The Hall–Kier alpha value is -4.32. The summed E-state index contributed by atoms with van der Waals surface area (Å²) in [5.74, 6) is 1.71. The molecular weight excluding hydrogens is 428 g/mol. The Kier molecular flexibility index (Phi) is 6.85. The Balaban J connectivity index is 1.58. The lowest BCUT2D eigenvalue weighted by molar-refractivity contribution is -0.385. The Labute approximate surface area is 189 Å². The zero-order valence-corrected chi connectivity index (χ0v) is 17.8. The molecule has 1 aliphatic heterocycles. The molecule has 0 amide bonds. The highest BCUT2D eigenvalue weighted by Gasteiger charge is 2.17. The largest absolute Gasteiger partial charge is 0.497 e. The molecule has 170 valence electrons. The highest BCUT2D eigenvalue weighted by molar-refractivity contribution is 5.85. The van der Waals surface area contributed by atoms with Gasteiger partial charge in [0.05, 0.1) is 37.0 Å². The molecule has 0 unspecified atom stereocenters. The summed E-state index contributed by atoms with van der Waals surface area (Å²) in [4.78, 5) is 26.1. The van der Waals surface area contributed by atoms with Crippen molar-refractivity contribution in [3.05, 3.63) is 64.2 Å². The lowest BCUT2D eigenvalue weighted by Crippen LogP contribution is -2.37. The van der Waals surface area contributed by atoms with E-state index in [4.69, 9.17) is 9.47 Å². The van der Waals surface area contributed by atoms with Gasteiger partial charge in [-0.2, -0.15) is 20.1 Å². The number of nitrogens with one attached hydrogen (secondary N) is 2. The summed E-state index contributed by atoms with van der Waals surface area (Å²) >= 11 is 0. The maximum absolute atomic E-state index is 11.2. The second-order valence-electron chi connectivity index (χ2n) is 6.92. The van der Waals surface area contributed by atoms with Crippen LogP contribution in [0.25, 0.3) is 0 Å². The first-order valence-electron chi connectivity index (χ1n) is 10.1. The summed E-state index contributed by atoms with van der Waals surface area (Å²) in [7, 11) is 1.60. The number of hydrogen-bond donors (Lipinski definition) is 2. The topological polar surface area (TPSA) is 140 Å². The van der Waals surface area contributed by atoms with Crippen LogP contribution in [0.15, 0.2) is 53.6 Å². The third kappa shape index (κ3) is 5.68. The van der Waals surface area contributed by atoms with E-state index in [9.17, 15) is 10.1 Å². The van der Waals surface area contributed by atoms with Gasteiger partial charge in [-0.1, -0.05) is 12.1 Å². The van der Waals surface area contributed by atoms with Gasteiger partial charge in [0.25, 0.3) is 5.69 Å². The Morgan fingerprint density at radius 1 is 1.09 bits per heavy atom. The number of aromatic nitrogens is 3. The molecule has 1 fully saturated rings. The number of benzene rings is 2. The minimum absolute atomic E-state index is 0.0467. The highest BCUT2D eigenvalue weighted by Crippen LogP contribution is 2.21. The van der Waals surface area contributed by atoms with Gasteiger partial charge in [0.2, 0.25) is 17.8 Å². The van der Waals surface area contributed by atoms with Crippen LogP contribution in [-0.2, 0) is 4.74 Å². The Morgan fingerprint density at radius 2 is 1.82 bits per heavy atom. The molecule has 12 heteroatoms. The number of methoxy groups -OCH3 is 1. The summed E-state index contributed by atoms with van der Waals surface area (Å²) in [6, 6.07) is 13.6. The predicted molar refractivity (Wildman–Crippen MR) is 123 cm³/mol. The Bertz CT molecular complexity index is 1130. The van der Waals surface area contributed by atoms with E-state index >= 15 is 0 Å². The number of nitro benzene ring substituents is 1. The van der Waals surface area contributed by atoms with E-state index in [-0.39, 0.29) is 11.6 Å². The van der Waals surface area contributed by atoms with Crippen LogP contribution >= 0.6 is 0 Å². The van der Waals surface area contributed by atoms with E-state index in [1.54, 1.807) is 25.3 Å². The number of anilines is 4. The van der Waals surface area contributed by atoms with Gasteiger partial charge >= 0.3 is 0 Å². The normalized spacial score (nSPS) is 13.7. The van der Waals surface area contributed by atoms with Gasteiger partial charge in [0, 0.05) is 24.8 Å². The molecule has 4 rings (SSSR count). The van der Waals surface area contributed by atoms with Crippen molar-refractivity contribution in [3.8, 4) is 5.75 Å². The fraction of sp³-hybridized carbons (Fsp3) is 0.238. The third-order valence-corrected chi connectivity index (χ3v) is 4.77. The van der Waals surface area contributed by atoms with Gasteiger partial charge in [-0.05, 0) is 30.3 Å². The molecule has 33 heavy (non-hydrogen) atoms. The number of rotatable bonds is 8. The lowest BCUT2D eigenvalue weighted by Gasteiger charge is -2.27. The van der Waals surface area contributed by atoms with Gasteiger partial charge in [0.15, 0.2) is 0 Å². The number of nitro groups is 1. The van der Waals surface area contributed by atoms with Crippen molar-refractivity contribution in [2.24, 2.45) is 5.10 Å². The molecule has 3 aromatic rings. The molecule has 2 aromatic carbocycles. The van der Waals surface area contributed by atoms with E-state index in [1.165, 1.54) is 12.3 Å². The van der Waals surface area contributed by atoms with Gasteiger partial charge in [-0.3, -0.25) is 10.1 Å². The zero-order chi connectivity index (χ0) is 23.0. The predicted octanol–water partition coefficient (Wildman–Crippen LogP) is 2.81. The number of ether oxygens (including phenoxy) is 2. The van der Waals surface area contributed by atoms with Crippen LogP contribution in [0.1, 0.15) is 5.56 Å². The van der Waals surface area contributed by atoms with E-state index in [0.717, 1.165) is 11.4 Å². The van der Waals surface area contributed by atoms with Crippen LogP contribution in [-0.4, -0.2) is 59.5 Å². The van der Waals surface area contributed by atoms with Crippen molar-refractivity contribution >= 4 is 35.4 Å². The van der Waals surface area contributed by atoms with E-state index < -0.39 is 4.92 Å². The SMILES string of the molecule is COc1ccc(Nc2nc(N/N=C\c3ccccc3[N+](=O)[O-])nc(N3CCOCC3)n2)cc1. The first kappa shape index (κ1) is 21.9. The zero-order valence-electron chi connectivity index (χ0n) is 17.8. The second kappa shape index (κ2) is 10.3. The first-order chi connectivity index (χ1) is 16.1. The fourth-order valence-corrected chi connectivity index (χ4v) is 3.10. The van der Waals surface area contributed by atoms with Crippen LogP contribution in [0.3, 0.4) is 0 Å². The van der Waals surface area contributed by atoms with Crippen LogP contribution in [0.5, 0.6) is 5.75 Å². The summed E-state index contributed by atoms with van der Waals surface area (Å²) in [5, 5.41) is 18.4. The monoisotopic (exact) mass is 450 g/mol. The van der Waals surface area contributed by atoms with Gasteiger partial charge in [0.1, 0.15) is 5.75 Å². The highest BCUT2D eigenvalue weighted by atomic mass is 16.6. The average molecular weight is 450 g/mol. The maximum Gasteiger partial charge on any atom is 0.278 e. The minimum Gasteiger partial charge on any atom is -0.497 e. The Morgan fingerprint density at radius 3 is 2.55 bits per heavy atom. The molecule has 0 saturated carbocycles. The van der Waals surface area contributed by atoms with Crippen molar-refractivity contribution in [2.45, 2.75) is 0 Å². The standard InChI is InChI=1S/C21H22N8O4/c1-32-17-8-6-16(7-9-17)23-19-24-20(26-21(25-19)28-10-12-33-13-11-28)27-22-14-15-4-2-3-5-18(15)29(30)31/h2-9,14H,10-13H2,1H3,(H2,23,24,25,26,27)/b22-14-. The quantitative estimate of drug-likeness (QED) is 0.299. The second-order valence-corrected chi connectivity index (χ2v) is 6.92. The lowest BCUT2D eigenvalue weighted by atomic mass is 10.2. The molecule has 0 radical (unpaired) electrons. The van der Waals surface area contributed by atoms with Crippen LogP contribution in [0, 0.1) is 10.1 Å². The fourth-order valence-electron chi connectivity index (χ4n) is 3.10. The average Bonchev–Trinajstić information content (AvgIpc) is 2.85. The van der Waals surface area contributed by atoms with Crippen LogP contribution in [0.4, 0.5) is 29.2 Å². The summed E-state index contributed by atoms with van der Waals surface area (Å²) in [6.45, 7) is 2.44. The van der Waals surface area contributed by atoms with Crippen LogP contribution < -0.4 is 20.4 Å². The molecule has 1 saturated heterocycles.